The molecule has 2 N–H and O–H groups in total. The van der Waals surface area contributed by atoms with Gasteiger partial charge >= 0.3 is 25.7 Å². The van der Waals surface area contributed by atoms with E-state index >= 15 is 0 Å². The molecule has 0 aliphatic rings. The van der Waals surface area contributed by atoms with Crippen LogP contribution in [0, 0.1) is 0 Å². The van der Waals surface area contributed by atoms with Crippen LogP contribution in [0.5, 0.6) is 0 Å². The molecule has 0 aliphatic carbocycles. The zero-order chi connectivity index (χ0) is 2.71. The van der Waals surface area contributed by atoms with Gasteiger partial charge in [-0.3, -0.25) is 0 Å². The summed E-state index contributed by atoms with van der Waals surface area (Å²) in [5.74, 6) is 0. The Labute approximate surface area is 42.8 Å². The average Bonchev–Trinajstić information content (AvgIpc) is 0.918. The first-order valence-electron chi connectivity index (χ1n) is 0.632. The molecule has 4 heteroatoms. The zero-order valence-electron chi connectivity index (χ0n) is 1.93. The third-order valence-electron chi connectivity index (χ3n) is 0. The van der Waals surface area contributed by atoms with Gasteiger partial charge in [0.25, 0.3) is 0 Å². The van der Waals surface area contributed by atoms with Crippen molar-refractivity contribution in [2.75, 3.05) is 0 Å². The van der Waals surface area contributed by atoms with E-state index in [1.54, 1.807) is 0 Å². The van der Waals surface area contributed by atoms with Crippen LogP contribution in [0.25, 0.3) is 0 Å². The second-order valence-electron chi connectivity index (χ2n) is 0.141. The van der Waals surface area contributed by atoms with E-state index in [1.807, 2.05) is 0 Å². The summed E-state index contributed by atoms with van der Waals surface area (Å²) in [5.41, 5.74) is 0. The van der Waals surface area contributed by atoms with Crippen LogP contribution >= 0.6 is 0 Å². The topological polar surface area (TPSA) is 40.5 Å². The molecule has 0 fully saturated rings. The van der Waals surface area contributed by atoms with Crippen LogP contribution in [0.1, 0.15) is 0 Å². The van der Waals surface area contributed by atoms with Crippen LogP contribution in [0.2, 0.25) is 0 Å². The van der Waals surface area contributed by atoms with Crippen molar-refractivity contribution < 1.29 is 42.5 Å². The summed E-state index contributed by atoms with van der Waals surface area (Å²) in [6.07, 6.45) is 0. The van der Waals surface area contributed by atoms with E-state index < -0.39 is 17.8 Å². The minimum atomic E-state index is -1.88. The summed E-state index contributed by atoms with van der Waals surface area (Å²) >= 11 is -1.88. The fourth-order valence-corrected chi connectivity index (χ4v) is 0. The number of rotatable bonds is 0. The van der Waals surface area contributed by atoms with Crippen LogP contribution < -0.4 is 0 Å². The summed E-state index contributed by atoms with van der Waals surface area (Å²) in [7, 11) is 0. The van der Waals surface area contributed by atoms with Crippen molar-refractivity contribution in [3.8, 4) is 0 Å². The number of hydrogen-bond donors (Lipinski definition) is 2. The van der Waals surface area contributed by atoms with Gasteiger partial charge in [0, 0.05) is 16.8 Å². The molecule has 2 nitrogen and oxygen atoms in total. The molecule has 0 bridgehead atoms. The molecule has 1 radical (unpaired) electrons. The van der Waals surface area contributed by atoms with Gasteiger partial charge in [-0.15, -0.1) is 0 Å². The molecule has 0 aromatic carbocycles. The minimum absolute atomic E-state index is 0. The molecule has 0 saturated heterocycles. The molecule has 0 rings (SSSR count). The second-order valence-corrected chi connectivity index (χ2v) is 0.735. The molecule has 0 spiro atoms. The Hall–Kier alpha value is 1.05. The molecule has 0 unspecified atom stereocenters. The van der Waals surface area contributed by atoms with Gasteiger partial charge in [0.05, 0.1) is 0 Å². The van der Waals surface area contributed by atoms with E-state index in [9.17, 15) is 0 Å². The molecule has 0 saturated carbocycles. The SMILES string of the molecule is [Co].[OH][Zn][OH]. The van der Waals surface area contributed by atoms with Gasteiger partial charge in [0.15, 0.2) is 0 Å². The maximum absolute atomic E-state index is 7.31. The van der Waals surface area contributed by atoms with Crippen molar-refractivity contribution in [1.29, 1.82) is 0 Å². The molecule has 0 amide bonds. The predicted molar refractivity (Wildman–Crippen MR) is 4.44 cm³/mol. The predicted octanol–water partition coefficient (Wildman–Crippen LogP) is -1.12. The van der Waals surface area contributed by atoms with Crippen LogP contribution in [-0.4, -0.2) is 7.87 Å². The Morgan fingerprint density at radius 1 is 1.25 bits per heavy atom. The fraction of sp³-hybridized carbons (Fsp3) is 0. The molecule has 0 atom stereocenters. The van der Waals surface area contributed by atoms with E-state index in [1.165, 1.54) is 0 Å². The number of hydrogen-bond acceptors (Lipinski definition) is 2. The first-order valence-corrected chi connectivity index (χ1v) is 3.29. The van der Waals surface area contributed by atoms with Crippen molar-refractivity contribution in [3.63, 3.8) is 0 Å². The van der Waals surface area contributed by atoms with Crippen LogP contribution in [0.15, 0.2) is 0 Å². The Kier molecular flexibility index (Phi) is 20.0. The van der Waals surface area contributed by atoms with Gasteiger partial charge in [0.2, 0.25) is 0 Å². The van der Waals surface area contributed by atoms with E-state index in [2.05, 4.69) is 0 Å². The van der Waals surface area contributed by atoms with Crippen molar-refractivity contribution >= 4 is 0 Å². The Morgan fingerprint density at radius 3 is 1.25 bits per heavy atom. The average molecular weight is 158 g/mol. The summed E-state index contributed by atoms with van der Waals surface area (Å²) < 4.78 is 14.6. The van der Waals surface area contributed by atoms with Gasteiger partial charge in [-0.1, -0.05) is 0 Å². The Morgan fingerprint density at radius 2 is 1.25 bits per heavy atom. The molecule has 0 aliphatic heterocycles. The van der Waals surface area contributed by atoms with Gasteiger partial charge in [-0.25, -0.2) is 0 Å². The summed E-state index contributed by atoms with van der Waals surface area (Å²) in [5, 5.41) is 0. The fourth-order valence-electron chi connectivity index (χ4n) is 0. The third kappa shape index (κ3) is 11.6. The van der Waals surface area contributed by atoms with E-state index in [-0.39, 0.29) is 16.8 Å². The molecule has 4 heavy (non-hydrogen) atoms. The summed E-state index contributed by atoms with van der Waals surface area (Å²) in [6, 6.07) is 0. The quantitative estimate of drug-likeness (QED) is 0.439. The first kappa shape index (κ1) is 8.90. The molecular weight excluding hydrogens is 156 g/mol. The molecular formula is H2CoO2Zn. The summed E-state index contributed by atoms with van der Waals surface area (Å²) in [6.45, 7) is 0. The van der Waals surface area contributed by atoms with Crippen molar-refractivity contribution in [2.45, 2.75) is 0 Å². The maximum atomic E-state index is 7.31. The van der Waals surface area contributed by atoms with Crippen LogP contribution in [0.3, 0.4) is 0 Å². The van der Waals surface area contributed by atoms with Crippen molar-refractivity contribution in [1.82, 2.24) is 0 Å². The molecule has 25 valence electrons. The normalized spacial score (nSPS) is 2.50. The van der Waals surface area contributed by atoms with Gasteiger partial charge in [-0.2, -0.15) is 0 Å². The van der Waals surface area contributed by atoms with Crippen LogP contribution in [0.4, 0.5) is 0 Å². The first-order chi connectivity index (χ1) is 1.41. The van der Waals surface area contributed by atoms with Gasteiger partial charge in [-0.05, 0) is 0 Å². The zero-order valence-corrected chi connectivity index (χ0v) is 5.94. The standard InChI is InChI=1S/Co.2H2O.Zn/h;2*1H2;/q;;;+2/p-2. The summed E-state index contributed by atoms with van der Waals surface area (Å²) in [4.78, 5) is 0. The van der Waals surface area contributed by atoms with Gasteiger partial charge < -0.3 is 0 Å². The monoisotopic (exact) mass is 157 g/mol. The Bertz CT molecular complexity index is 6.00. The van der Waals surface area contributed by atoms with E-state index in [0.29, 0.717) is 0 Å². The van der Waals surface area contributed by atoms with Crippen molar-refractivity contribution in [3.05, 3.63) is 0 Å². The van der Waals surface area contributed by atoms with E-state index in [0.717, 1.165) is 0 Å². The Balaban J connectivity index is 0. The molecule has 0 aromatic heterocycles. The van der Waals surface area contributed by atoms with Crippen molar-refractivity contribution in [2.24, 2.45) is 0 Å². The van der Waals surface area contributed by atoms with Crippen LogP contribution in [-0.2, 0) is 34.6 Å². The second kappa shape index (κ2) is 8.97. The molecule has 0 aromatic rings. The van der Waals surface area contributed by atoms with E-state index in [4.69, 9.17) is 7.87 Å². The van der Waals surface area contributed by atoms with Gasteiger partial charge in [0.1, 0.15) is 0 Å². The third-order valence-corrected chi connectivity index (χ3v) is 0. The molecule has 0 heterocycles.